The molecule has 0 saturated carbocycles. The molecule has 0 aliphatic rings. The Labute approximate surface area is 126 Å². The molecule has 0 fully saturated rings. The minimum atomic E-state index is -4.52. The van der Waals surface area contributed by atoms with Crippen LogP contribution in [-0.4, -0.2) is 16.5 Å². The second-order valence-corrected chi connectivity index (χ2v) is 4.92. The van der Waals surface area contributed by atoms with Crippen LogP contribution in [0.25, 0.3) is 11.5 Å². The molecule has 120 valence electrons. The quantitative estimate of drug-likeness (QED) is 0.750. The number of nitrogens with one attached hydrogen (secondary N) is 1. The first-order chi connectivity index (χ1) is 10.5. The second kappa shape index (κ2) is 7.29. The molecule has 0 bridgehead atoms. The van der Waals surface area contributed by atoms with Gasteiger partial charge >= 0.3 is 6.18 Å². The van der Waals surface area contributed by atoms with Gasteiger partial charge in [-0.2, -0.15) is 13.2 Å². The van der Waals surface area contributed by atoms with E-state index in [0.717, 1.165) is 31.7 Å². The van der Waals surface area contributed by atoms with E-state index in [1.807, 2.05) is 0 Å². The van der Waals surface area contributed by atoms with Gasteiger partial charge < -0.3 is 9.73 Å². The zero-order valence-corrected chi connectivity index (χ0v) is 12.3. The molecule has 0 atom stereocenters. The number of alkyl halides is 3. The summed E-state index contributed by atoms with van der Waals surface area (Å²) in [6, 6.07) is 4.05. The fourth-order valence-corrected chi connectivity index (χ4v) is 1.97. The predicted molar refractivity (Wildman–Crippen MR) is 77.4 cm³/mol. The zero-order valence-electron chi connectivity index (χ0n) is 12.3. The van der Waals surface area contributed by atoms with Crippen molar-refractivity contribution in [2.24, 2.45) is 0 Å². The molecule has 0 amide bonds. The summed E-state index contributed by atoms with van der Waals surface area (Å²) in [5, 5.41) is 2.85. The number of furan rings is 1. The number of nitrogens with zero attached hydrogens (tertiary/aromatic N) is 2. The Bertz CT molecular complexity index is 582. The van der Waals surface area contributed by atoms with Crippen molar-refractivity contribution in [3.8, 4) is 11.5 Å². The Morgan fingerprint density at radius 3 is 2.64 bits per heavy atom. The van der Waals surface area contributed by atoms with Gasteiger partial charge in [0.15, 0.2) is 11.5 Å². The van der Waals surface area contributed by atoms with Gasteiger partial charge in [-0.3, -0.25) is 0 Å². The zero-order chi connectivity index (χ0) is 16.0. The van der Waals surface area contributed by atoms with Crippen LogP contribution < -0.4 is 5.32 Å². The van der Waals surface area contributed by atoms with Gasteiger partial charge in [-0.05, 0) is 24.6 Å². The lowest BCUT2D eigenvalue weighted by atomic mass is 10.2. The van der Waals surface area contributed by atoms with Crippen molar-refractivity contribution in [3.63, 3.8) is 0 Å². The van der Waals surface area contributed by atoms with Crippen molar-refractivity contribution in [2.45, 2.75) is 38.8 Å². The van der Waals surface area contributed by atoms with Crippen molar-refractivity contribution in [1.29, 1.82) is 0 Å². The summed E-state index contributed by atoms with van der Waals surface area (Å²) in [6.45, 7) is 2.64. The van der Waals surface area contributed by atoms with Gasteiger partial charge in [-0.25, -0.2) is 9.97 Å². The van der Waals surface area contributed by atoms with Crippen LogP contribution in [0.15, 0.2) is 28.9 Å². The largest absolute Gasteiger partial charge is 0.463 e. The highest BCUT2D eigenvalue weighted by Gasteiger charge is 2.34. The van der Waals surface area contributed by atoms with Crippen LogP contribution >= 0.6 is 0 Å². The summed E-state index contributed by atoms with van der Waals surface area (Å²) in [6.07, 6.45) is 0.952. The van der Waals surface area contributed by atoms with Gasteiger partial charge in [-0.15, -0.1) is 0 Å². The van der Waals surface area contributed by atoms with Crippen LogP contribution in [0, 0.1) is 0 Å². The maximum Gasteiger partial charge on any atom is 0.433 e. The maximum atomic E-state index is 12.9. The lowest BCUT2D eigenvalue weighted by Crippen LogP contribution is -2.13. The first-order valence-electron chi connectivity index (χ1n) is 7.24. The van der Waals surface area contributed by atoms with Crippen molar-refractivity contribution < 1.29 is 17.6 Å². The third kappa shape index (κ3) is 4.47. The monoisotopic (exact) mass is 313 g/mol. The summed E-state index contributed by atoms with van der Waals surface area (Å²) < 4.78 is 43.9. The van der Waals surface area contributed by atoms with E-state index in [9.17, 15) is 13.2 Å². The molecule has 4 nitrogen and oxygen atoms in total. The molecule has 0 aromatic carbocycles. The smallest absolute Gasteiger partial charge is 0.433 e. The van der Waals surface area contributed by atoms with Crippen molar-refractivity contribution >= 4 is 5.95 Å². The minimum Gasteiger partial charge on any atom is -0.463 e. The van der Waals surface area contributed by atoms with Crippen LogP contribution in [0.2, 0.25) is 0 Å². The summed E-state index contributed by atoms with van der Waals surface area (Å²) in [7, 11) is 0. The number of hydrogen-bond donors (Lipinski definition) is 1. The van der Waals surface area contributed by atoms with Gasteiger partial charge in [0, 0.05) is 6.54 Å². The topological polar surface area (TPSA) is 51.0 Å². The molecule has 0 spiro atoms. The van der Waals surface area contributed by atoms with Gasteiger partial charge in [0.1, 0.15) is 5.69 Å². The van der Waals surface area contributed by atoms with Gasteiger partial charge in [-0.1, -0.05) is 26.2 Å². The van der Waals surface area contributed by atoms with Crippen LogP contribution in [0.5, 0.6) is 0 Å². The first kappa shape index (κ1) is 16.3. The van der Waals surface area contributed by atoms with E-state index in [1.54, 1.807) is 12.1 Å². The molecule has 2 aromatic heterocycles. The van der Waals surface area contributed by atoms with Crippen molar-refractivity contribution in [1.82, 2.24) is 9.97 Å². The summed E-state index contributed by atoms with van der Waals surface area (Å²) in [5.41, 5.74) is -0.867. The standard InChI is InChI=1S/C15H18F3N3O/c1-2-3-4-5-8-19-14-20-11(12-7-6-9-22-12)10-13(21-14)15(16,17)18/h6-7,9-10H,2-5,8H2,1H3,(H,19,20,21). The molecular weight excluding hydrogens is 295 g/mol. The molecule has 0 aliphatic carbocycles. The molecule has 0 radical (unpaired) electrons. The fraction of sp³-hybridized carbons (Fsp3) is 0.467. The molecule has 2 heterocycles. The Morgan fingerprint density at radius 1 is 1.18 bits per heavy atom. The summed E-state index contributed by atoms with van der Waals surface area (Å²) in [5.74, 6) is 0.250. The van der Waals surface area contributed by atoms with Gasteiger partial charge in [0.2, 0.25) is 5.95 Å². The fourth-order valence-electron chi connectivity index (χ4n) is 1.97. The number of unbranched alkanes of at least 4 members (excludes halogenated alkanes) is 3. The van der Waals surface area contributed by atoms with Crippen molar-refractivity contribution in [2.75, 3.05) is 11.9 Å². The molecule has 22 heavy (non-hydrogen) atoms. The van der Waals surface area contributed by atoms with Gasteiger partial charge in [0.05, 0.1) is 6.26 Å². The van der Waals surface area contributed by atoms with E-state index in [0.29, 0.717) is 6.54 Å². The third-order valence-electron chi connectivity index (χ3n) is 3.10. The first-order valence-corrected chi connectivity index (χ1v) is 7.24. The lowest BCUT2D eigenvalue weighted by Gasteiger charge is -2.10. The highest BCUT2D eigenvalue weighted by molar-refractivity contribution is 5.54. The molecule has 0 unspecified atom stereocenters. The normalized spacial score (nSPS) is 11.6. The van der Waals surface area contributed by atoms with Gasteiger partial charge in [0.25, 0.3) is 0 Å². The van der Waals surface area contributed by atoms with Crippen LogP contribution in [0.4, 0.5) is 19.1 Å². The lowest BCUT2D eigenvalue weighted by molar-refractivity contribution is -0.141. The number of hydrogen-bond acceptors (Lipinski definition) is 4. The number of halogens is 3. The van der Waals surface area contributed by atoms with E-state index in [4.69, 9.17) is 4.42 Å². The summed E-state index contributed by atoms with van der Waals surface area (Å²) >= 11 is 0. The van der Waals surface area contributed by atoms with Crippen LogP contribution in [0.3, 0.4) is 0 Å². The average molecular weight is 313 g/mol. The SMILES string of the molecule is CCCCCCNc1nc(-c2ccco2)cc(C(F)(F)F)n1. The van der Waals surface area contributed by atoms with E-state index in [-0.39, 0.29) is 17.4 Å². The summed E-state index contributed by atoms with van der Waals surface area (Å²) in [4.78, 5) is 7.63. The van der Waals surface area contributed by atoms with E-state index in [2.05, 4.69) is 22.2 Å². The van der Waals surface area contributed by atoms with E-state index < -0.39 is 11.9 Å². The highest BCUT2D eigenvalue weighted by atomic mass is 19.4. The van der Waals surface area contributed by atoms with Crippen LogP contribution in [-0.2, 0) is 6.18 Å². The average Bonchev–Trinajstić information content (AvgIpc) is 3.00. The Hall–Kier alpha value is -2.05. The molecule has 2 rings (SSSR count). The predicted octanol–water partition coefficient (Wildman–Crippen LogP) is 4.75. The maximum absolute atomic E-state index is 12.9. The molecule has 2 aromatic rings. The van der Waals surface area contributed by atoms with Crippen molar-refractivity contribution in [3.05, 3.63) is 30.2 Å². The molecule has 1 N–H and O–H groups in total. The number of aromatic nitrogens is 2. The van der Waals surface area contributed by atoms with E-state index >= 15 is 0 Å². The second-order valence-electron chi connectivity index (χ2n) is 4.92. The highest BCUT2D eigenvalue weighted by Crippen LogP contribution is 2.31. The van der Waals surface area contributed by atoms with Crippen LogP contribution in [0.1, 0.15) is 38.3 Å². The third-order valence-corrected chi connectivity index (χ3v) is 3.10. The number of anilines is 1. The number of rotatable bonds is 7. The molecule has 0 saturated heterocycles. The molecule has 7 heteroatoms. The Kier molecular flexibility index (Phi) is 5.41. The Balaban J connectivity index is 2.16. The minimum absolute atomic E-state index is 0.0299. The molecular formula is C15H18F3N3O. The molecule has 0 aliphatic heterocycles. The van der Waals surface area contributed by atoms with E-state index in [1.165, 1.54) is 6.26 Å². The Morgan fingerprint density at radius 2 is 2.00 bits per heavy atom.